The molecule has 0 bridgehead atoms. The molecule has 0 amide bonds. The van der Waals surface area contributed by atoms with Gasteiger partial charge in [0.2, 0.25) is 0 Å². The van der Waals surface area contributed by atoms with E-state index in [9.17, 15) is 36.2 Å². The molecule has 0 saturated carbocycles. The first kappa shape index (κ1) is 25.4. The van der Waals surface area contributed by atoms with Crippen molar-refractivity contribution in [2.75, 3.05) is 0 Å². The summed E-state index contributed by atoms with van der Waals surface area (Å²) in [4.78, 5) is 12.9. The van der Waals surface area contributed by atoms with E-state index in [4.69, 9.17) is 11.6 Å². The molecule has 0 fully saturated rings. The molecule has 1 atom stereocenters. The van der Waals surface area contributed by atoms with Gasteiger partial charge in [-0.05, 0) is 36.4 Å². The fraction of sp³-hybridized carbons (Fsp3) is 0.238. The van der Waals surface area contributed by atoms with Crippen LogP contribution in [0.5, 0.6) is 0 Å². The normalized spacial score (nSPS) is 13.2. The number of nitrogens with zero attached hydrogens (tertiary/aromatic N) is 6. The Morgan fingerprint density at radius 3 is 2.31 bits per heavy atom. The Balaban J connectivity index is 1.71. The van der Waals surface area contributed by atoms with Crippen LogP contribution < -0.4 is 5.69 Å². The van der Waals surface area contributed by atoms with Gasteiger partial charge in [0.05, 0.1) is 30.5 Å². The number of aromatic nitrogens is 6. The Morgan fingerprint density at radius 1 is 1.00 bits per heavy atom. The topological polar surface area (TPSA) is 90.8 Å². The molecular formula is C21H15ClF6N6O2. The minimum Gasteiger partial charge on any atom is -0.382 e. The smallest absolute Gasteiger partial charge is 0.382 e. The number of aliphatic hydroxyl groups is 1. The van der Waals surface area contributed by atoms with Gasteiger partial charge in [0.25, 0.3) is 0 Å². The predicted octanol–water partition coefficient (Wildman–Crippen LogP) is 3.94. The van der Waals surface area contributed by atoms with Crippen LogP contribution >= 0.6 is 11.6 Å². The summed E-state index contributed by atoms with van der Waals surface area (Å²) in [7, 11) is 0. The largest absolute Gasteiger partial charge is 0.418 e. The molecule has 0 aliphatic heterocycles. The third-order valence-electron chi connectivity index (χ3n) is 5.07. The van der Waals surface area contributed by atoms with E-state index >= 15 is 0 Å². The van der Waals surface area contributed by atoms with Gasteiger partial charge in [-0.25, -0.2) is 14.2 Å². The van der Waals surface area contributed by atoms with Crippen molar-refractivity contribution in [2.45, 2.75) is 31.5 Å². The molecule has 2 heterocycles. The zero-order valence-electron chi connectivity index (χ0n) is 17.9. The number of rotatable bonds is 6. The van der Waals surface area contributed by atoms with Crippen molar-refractivity contribution in [1.82, 2.24) is 29.3 Å². The van der Waals surface area contributed by atoms with Gasteiger partial charge < -0.3 is 5.11 Å². The summed E-state index contributed by atoms with van der Waals surface area (Å²) in [5.74, 6) is -0.185. The standard InChI is InChI=1S/C21H15ClF6N6O2/c22-13-7-5-12(6-8-13)18-30-34(19(36)32(18)11-17(35)21(26,27)28)10-14-9-33(31-29-14)16-4-2-1-3-15(16)20(23,24)25/h1-9,17,35H,10-11H2/t17-/m0/s1. The van der Waals surface area contributed by atoms with E-state index < -0.39 is 42.8 Å². The van der Waals surface area contributed by atoms with Crippen molar-refractivity contribution in [1.29, 1.82) is 0 Å². The van der Waals surface area contributed by atoms with E-state index in [2.05, 4.69) is 15.4 Å². The van der Waals surface area contributed by atoms with Crippen LogP contribution in [0, 0.1) is 0 Å². The van der Waals surface area contributed by atoms with Gasteiger partial charge in [-0.1, -0.05) is 28.9 Å². The number of aliphatic hydroxyl groups excluding tert-OH is 1. The van der Waals surface area contributed by atoms with Gasteiger partial charge in [-0.15, -0.1) is 10.2 Å². The van der Waals surface area contributed by atoms with Gasteiger partial charge in [-0.3, -0.25) is 4.57 Å². The van der Waals surface area contributed by atoms with Crippen molar-refractivity contribution in [3.63, 3.8) is 0 Å². The first-order valence-electron chi connectivity index (χ1n) is 10.1. The molecular weight excluding hydrogens is 518 g/mol. The third-order valence-corrected chi connectivity index (χ3v) is 5.32. The van der Waals surface area contributed by atoms with Crippen molar-refractivity contribution in [3.8, 4) is 17.1 Å². The average Bonchev–Trinajstić information content (AvgIpc) is 3.39. The highest BCUT2D eigenvalue weighted by molar-refractivity contribution is 6.30. The molecule has 8 nitrogen and oxygen atoms in total. The van der Waals surface area contributed by atoms with Crippen molar-refractivity contribution >= 4 is 11.6 Å². The van der Waals surface area contributed by atoms with Crippen molar-refractivity contribution in [3.05, 3.63) is 81.5 Å². The van der Waals surface area contributed by atoms with Crippen LogP contribution in [0.4, 0.5) is 26.3 Å². The Kier molecular flexibility index (Phi) is 6.66. The molecule has 0 spiro atoms. The lowest BCUT2D eigenvalue weighted by Crippen LogP contribution is -2.37. The molecule has 4 rings (SSSR count). The zero-order valence-corrected chi connectivity index (χ0v) is 18.6. The van der Waals surface area contributed by atoms with Gasteiger partial charge in [-0.2, -0.15) is 26.3 Å². The number of hydrogen-bond acceptors (Lipinski definition) is 5. The number of para-hydroxylation sites is 1. The molecule has 0 unspecified atom stereocenters. The maximum atomic E-state index is 13.3. The molecule has 2 aromatic carbocycles. The lowest BCUT2D eigenvalue weighted by molar-refractivity contribution is -0.207. The lowest BCUT2D eigenvalue weighted by Gasteiger charge is -2.15. The quantitative estimate of drug-likeness (QED) is 0.380. The molecule has 0 saturated heterocycles. The predicted molar refractivity (Wildman–Crippen MR) is 114 cm³/mol. The first-order valence-corrected chi connectivity index (χ1v) is 10.5. The summed E-state index contributed by atoms with van der Waals surface area (Å²) >= 11 is 5.85. The Hall–Kier alpha value is -3.65. The molecule has 0 radical (unpaired) electrons. The SMILES string of the molecule is O=c1n(Cc2cn(-c3ccccc3C(F)(F)F)nn2)nc(-c2ccc(Cl)cc2)n1C[C@H](O)C(F)(F)F. The summed E-state index contributed by atoms with van der Waals surface area (Å²) in [6.45, 7) is -1.55. The Labute approximate surface area is 203 Å². The molecule has 0 aliphatic carbocycles. The number of alkyl halides is 6. The van der Waals surface area contributed by atoms with Crippen LogP contribution in [0.15, 0.2) is 59.5 Å². The second kappa shape index (κ2) is 9.43. The van der Waals surface area contributed by atoms with Crippen LogP contribution in [0.25, 0.3) is 17.1 Å². The Morgan fingerprint density at radius 2 is 1.67 bits per heavy atom. The zero-order chi connectivity index (χ0) is 26.3. The Bertz CT molecular complexity index is 1420. The highest BCUT2D eigenvalue weighted by atomic mass is 35.5. The lowest BCUT2D eigenvalue weighted by atomic mass is 10.1. The molecule has 1 N–H and O–H groups in total. The van der Waals surface area contributed by atoms with Gasteiger partial charge in [0, 0.05) is 10.6 Å². The second-order valence-electron chi connectivity index (χ2n) is 7.61. The number of hydrogen-bond donors (Lipinski definition) is 1. The van der Waals surface area contributed by atoms with E-state index in [1.165, 1.54) is 42.5 Å². The molecule has 0 aliphatic rings. The van der Waals surface area contributed by atoms with Gasteiger partial charge in [0.1, 0.15) is 5.69 Å². The minimum atomic E-state index is -4.99. The fourth-order valence-electron chi connectivity index (χ4n) is 3.35. The second-order valence-corrected chi connectivity index (χ2v) is 8.04. The van der Waals surface area contributed by atoms with E-state index in [0.717, 1.165) is 21.6 Å². The number of halogens is 7. The molecule has 15 heteroatoms. The summed E-state index contributed by atoms with van der Waals surface area (Å²) < 4.78 is 81.2. The van der Waals surface area contributed by atoms with Crippen LogP contribution in [0.3, 0.4) is 0 Å². The van der Waals surface area contributed by atoms with E-state index in [1.54, 1.807) is 0 Å². The maximum absolute atomic E-state index is 13.3. The van der Waals surface area contributed by atoms with Gasteiger partial charge in [0.15, 0.2) is 11.9 Å². The van der Waals surface area contributed by atoms with Crippen LogP contribution in [-0.2, 0) is 19.3 Å². The highest BCUT2D eigenvalue weighted by Gasteiger charge is 2.39. The fourth-order valence-corrected chi connectivity index (χ4v) is 3.48. The molecule has 2 aromatic heterocycles. The molecule has 36 heavy (non-hydrogen) atoms. The summed E-state index contributed by atoms with van der Waals surface area (Å²) in [5, 5.41) is 21.4. The van der Waals surface area contributed by atoms with E-state index in [1.807, 2.05) is 0 Å². The summed E-state index contributed by atoms with van der Waals surface area (Å²) in [6, 6.07) is 10.4. The summed E-state index contributed by atoms with van der Waals surface area (Å²) in [5.41, 5.74) is -2.02. The highest BCUT2D eigenvalue weighted by Crippen LogP contribution is 2.33. The molecule has 4 aromatic rings. The first-order chi connectivity index (χ1) is 16.8. The minimum absolute atomic E-state index is 0.0118. The van der Waals surface area contributed by atoms with Crippen LogP contribution in [0.2, 0.25) is 5.02 Å². The number of benzene rings is 2. The van der Waals surface area contributed by atoms with Crippen LogP contribution in [0.1, 0.15) is 11.3 Å². The van der Waals surface area contributed by atoms with Gasteiger partial charge >= 0.3 is 18.0 Å². The van der Waals surface area contributed by atoms with Crippen LogP contribution in [-0.4, -0.2) is 46.7 Å². The monoisotopic (exact) mass is 532 g/mol. The van der Waals surface area contributed by atoms with E-state index in [0.29, 0.717) is 9.59 Å². The summed E-state index contributed by atoms with van der Waals surface area (Å²) in [6.07, 6.45) is -11.4. The van der Waals surface area contributed by atoms with Crippen molar-refractivity contribution < 1.29 is 31.4 Å². The van der Waals surface area contributed by atoms with Crippen molar-refractivity contribution in [2.24, 2.45) is 0 Å². The third kappa shape index (κ3) is 5.28. The maximum Gasteiger partial charge on any atom is 0.418 e. The van der Waals surface area contributed by atoms with E-state index in [-0.39, 0.29) is 22.8 Å². The molecule has 190 valence electrons. The average molecular weight is 533 g/mol.